The molecule has 1 amide bonds. The van der Waals surface area contributed by atoms with E-state index in [9.17, 15) is 4.79 Å². The Labute approximate surface area is 120 Å². The monoisotopic (exact) mass is 310 g/mol. The number of nitrogens with one attached hydrogen (secondary N) is 1. The van der Waals surface area contributed by atoms with Crippen molar-refractivity contribution in [2.75, 3.05) is 6.61 Å². The molecule has 0 aromatic carbocycles. The Morgan fingerprint density at radius 1 is 1.39 bits per heavy atom. The lowest BCUT2D eigenvalue weighted by Crippen LogP contribution is -2.44. The van der Waals surface area contributed by atoms with Gasteiger partial charge in [-0.25, -0.2) is 4.98 Å². The fourth-order valence-electron chi connectivity index (χ4n) is 1.31. The van der Waals surface area contributed by atoms with E-state index in [2.05, 4.69) is 10.3 Å². The SMILES string of the molecule is CC(C)(CCO)NC(=O)c1ncc(Cl)c(Cl)c1Cl. The number of aliphatic hydroxyl groups excluding tert-OH is 1. The van der Waals surface area contributed by atoms with Gasteiger partial charge in [0.25, 0.3) is 5.91 Å². The summed E-state index contributed by atoms with van der Waals surface area (Å²) in [5.74, 6) is -0.461. The van der Waals surface area contributed by atoms with Crippen LogP contribution in [0.15, 0.2) is 6.20 Å². The molecular weight excluding hydrogens is 298 g/mol. The van der Waals surface area contributed by atoms with Crippen molar-refractivity contribution in [1.82, 2.24) is 10.3 Å². The van der Waals surface area contributed by atoms with Crippen LogP contribution < -0.4 is 5.32 Å². The van der Waals surface area contributed by atoms with Crippen molar-refractivity contribution >= 4 is 40.7 Å². The molecule has 1 heterocycles. The van der Waals surface area contributed by atoms with Crippen LogP contribution >= 0.6 is 34.8 Å². The van der Waals surface area contributed by atoms with Crippen LogP contribution in [0.25, 0.3) is 0 Å². The Kier molecular flexibility index (Phi) is 5.22. The third-order valence-corrected chi connectivity index (χ3v) is 3.56. The second kappa shape index (κ2) is 6.06. The first kappa shape index (κ1) is 15.5. The van der Waals surface area contributed by atoms with Crippen molar-refractivity contribution in [1.29, 1.82) is 0 Å². The highest BCUT2D eigenvalue weighted by Crippen LogP contribution is 2.31. The predicted octanol–water partition coefficient (Wildman–Crippen LogP) is 2.93. The molecule has 0 bridgehead atoms. The number of hydrogen-bond acceptors (Lipinski definition) is 3. The van der Waals surface area contributed by atoms with Gasteiger partial charge in [-0.05, 0) is 20.3 Å². The van der Waals surface area contributed by atoms with Crippen LogP contribution in [-0.4, -0.2) is 28.1 Å². The molecule has 0 aliphatic carbocycles. The standard InChI is InChI=1S/C11H13Cl3N2O2/c1-11(2,3-4-17)16-10(18)9-8(14)7(13)6(12)5-15-9/h5,17H,3-4H2,1-2H3,(H,16,18). The number of carbonyl (C=O) groups is 1. The highest BCUT2D eigenvalue weighted by atomic mass is 35.5. The minimum Gasteiger partial charge on any atom is -0.396 e. The maximum atomic E-state index is 12.0. The number of halogens is 3. The van der Waals surface area contributed by atoms with Gasteiger partial charge in [0.1, 0.15) is 5.69 Å². The molecule has 7 heteroatoms. The summed E-state index contributed by atoms with van der Waals surface area (Å²) in [6.45, 7) is 3.54. The largest absolute Gasteiger partial charge is 0.396 e. The molecule has 0 saturated carbocycles. The lowest BCUT2D eigenvalue weighted by Gasteiger charge is -2.25. The van der Waals surface area contributed by atoms with Crippen molar-refractivity contribution in [3.8, 4) is 0 Å². The van der Waals surface area contributed by atoms with Gasteiger partial charge >= 0.3 is 0 Å². The average Bonchev–Trinajstić information content (AvgIpc) is 2.25. The molecule has 1 rings (SSSR count). The van der Waals surface area contributed by atoms with Crippen LogP contribution in [-0.2, 0) is 0 Å². The van der Waals surface area contributed by atoms with Gasteiger partial charge in [-0.2, -0.15) is 0 Å². The summed E-state index contributed by atoms with van der Waals surface area (Å²) in [6.07, 6.45) is 1.68. The van der Waals surface area contributed by atoms with Crippen LogP contribution in [0.2, 0.25) is 15.1 Å². The van der Waals surface area contributed by atoms with E-state index in [1.807, 2.05) is 0 Å². The predicted molar refractivity (Wildman–Crippen MR) is 72.5 cm³/mol. The fourth-order valence-corrected chi connectivity index (χ4v) is 1.88. The van der Waals surface area contributed by atoms with E-state index in [0.717, 1.165) is 0 Å². The first-order valence-electron chi connectivity index (χ1n) is 5.21. The molecule has 2 N–H and O–H groups in total. The fraction of sp³-hybridized carbons (Fsp3) is 0.455. The molecule has 1 aromatic heterocycles. The summed E-state index contributed by atoms with van der Waals surface area (Å²) in [7, 11) is 0. The van der Waals surface area contributed by atoms with E-state index in [1.165, 1.54) is 6.20 Å². The van der Waals surface area contributed by atoms with Crippen LogP contribution in [0, 0.1) is 0 Å². The Bertz CT molecular complexity index is 464. The first-order chi connectivity index (χ1) is 8.28. The van der Waals surface area contributed by atoms with E-state index in [0.29, 0.717) is 6.42 Å². The van der Waals surface area contributed by atoms with Crippen molar-refractivity contribution in [2.24, 2.45) is 0 Å². The zero-order valence-electron chi connectivity index (χ0n) is 9.93. The molecule has 0 unspecified atom stereocenters. The van der Waals surface area contributed by atoms with E-state index < -0.39 is 11.4 Å². The average molecular weight is 312 g/mol. The van der Waals surface area contributed by atoms with Gasteiger partial charge in [0.2, 0.25) is 0 Å². The molecule has 0 aliphatic rings. The third kappa shape index (κ3) is 3.72. The Balaban J connectivity index is 2.95. The van der Waals surface area contributed by atoms with Crippen LogP contribution in [0.1, 0.15) is 30.8 Å². The Morgan fingerprint density at radius 3 is 2.56 bits per heavy atom. The molecule has 0 spiro atoms. The molecule has 0 radical (unpaired) electrons. The highest BCUT2D eigenvalue weighted by molar-refractivity contribution is 6.48. The number of amides is 1. The minimum absolute atomic E-state index is 0.0112. The van der Waals surface area contributed by atoms with Crippen LogP contribution in [0.3, 0.4) is 0 Å². The number of aliphatic hydroxyl groups is 1. The second-order valence-electron chi connectivity index (χ2n) is 4.39. The number of rotatable bonds is 4. The van der Waals surface area contributed by atoms with Crippen LogP contribution in [0.5, 0.6) is 0 Å². The molecule has 100 valence electrons. The summed E-state index contributed by atoms with van der Waals surface area (Å²) in [5.41, 5.74) is -0.555. The molecule has 4 nitrogen and oxygen atoms in total. The van der Waals surface area contributed by atoms with Crippen molar-refractivity contribution in [3.05, 3.63) is 27.0 Å². The van der Waals surface area contributed by atoms with E-state index in [1.54, 1.807) is 13.8 Å². The minimum atomic E-state index is -0.567. The molecule has 0 aliphatic heterocycles. The Hall–Kier alpha value is -0.550. The van der Waals surface area contributed by atoms with E-state index >= 15 is 0 Å². The van der Waals surface area contributed by atoms with Gasteiger partial charge in [0.15, 0.2) is 0 Å². The van der Waals surface area contributed by atoms with Gasteiger partial charge in [-0.1, -0.05) is 34.8 Å². The number of pyridine rings is 1. The quantitative estimate of drug-likeness (QED) is 0.898. The van der Waals surface area contributed by atoms with Crippen molar-refractivity contribution in [2.45, 2.75) is 25.8 Å². The van der Waals surface area contributed by atoms with E-state index in [4.69, 9.17) is 39.9 Å². The second-order valence-corrected chi connectivity index (χ2v) is 5.56. The van der Waals surface area contributed by atoms with Gasteiger partial charge < -0.3 is 10.4 Å². The Morgan fingerprint density at radius 2 is 2.00 bits per heavy atom. The number of nitrogens with zero attached hydrogens (tertiary/aromatic N) is 1. The van der Waals surface area contributed by atoms with Gasteiger partial charge in [-0.3, -0.25) is 4.79 Å². The summed E-state index contributed by atoms with van der Waals surface area (Å²) < 4.78 is 0. The zero-order chi connectivity index (χ0) is 13.9. The van der Waals surface area contributed by atoms with Crippen LogP contribution in [0.4, 0.5) is 0 Å². The number of hydrogen-bond donors (Lipinski definition) is 2. The van der Waals surface area contributed by atoms with E-state index in [-0.39, 0.29) is 27.4 Å². The molecule has 1 aromatic rings. The van der Waals surface area contributed by atoms with Gasteiger partial charge in [-0.15, -0.1) is 0 Å². The van der Waals surface area contributed by atoms with Gasteiger partial charge in [0, 0.05) is 18.3 Å². The summed E-state index contributed by atoms with van der Waals surface area (Å²) in [6, 6.07) is 0. The van der Waals surface area contributed by atoms with Crippen molar-refractivity contribution in [3.63, 3.8) is 0 Å². The normalized spacial score (nSPS) is 11.4. The van der Waals surface area contributed by atoms with Crippen molar-refractivity contribution < 1.29 is 9.90 Å². The smallest absolute Gasteiger partial charge is 0.271 e. The topological polar surface area (TPSA) is 62.2 Å². The summed E-state index contributed by atoms with van der Waals surface area (Å²) in [4.78, 5) is 15.8. The lowest BCUT2D eigenvalue weighted by atomic mass is 10.0. The highest BCUT2D eigenvalue weighted by Gasteiger charge is 2.24. The maximum absolute atomic E-state index is 12.0. The molecular formula is C11H13Cl3N2O2. The molecule has 0 atom stereocenters. The lowest BCUT2D eigenvalue weighted by molar-refractivity contribution is 0.0894. The zero-order valence-corrected chi connectivity index (χ0v) is 12.2. The molecule has 0 saturated heterocycles. The molecule has 18 heavy (non-hydrogen) atoms. The number of carbonyl (C=O) groups excluding carboxylic acids is 1. The van der Waals surface area contributed by atoms with Gasteiger partial charge in [0.05, 0.1) is 15.1 Å². The molecule has 0 fully saturated rings. The maximum Gasteiger partial charge on any atom is 0.271 e. The third-order valence-electron chi connectivity index (χ3n) is 2.32. The first-order valence-corrected chi connectivity index (χ1v) is 6.35. The summed E-state index contributed by atoms with van der Waals surface area (Å²) in [5, 5.41) is 11.9. The summed E-state index contributed by atoms with van der Waals surface area (Å²) >= 11 is 17.5. The number of aromatic nitrogens is 1.